The largest absolute Gasteiger partial charge is 1.00 e. The first kappa shape index (κ1) is 41.3. The third-order valence-corrected chi connectivity index (χ3v) is 9.00. The minimum atomic E-state index is 0. The first-order valence-electron chi connectivity index (χ1n) is 18.6. The van der Waals surface area contributed by atoms with Crippen LogP contribution in [0.15, 0.2) is 0 Å². The summed E-state index contributed by atoms with van der Waals surface area (Å²) in [6.45, 7) is 15.6. The molecular formula is C36H75BrN2O2. The molecule has 0 atom stereocenters. The smallest absolute Gasteiger partial charge is 0.101 e. The van der Waals surface area contributed by atoms with Crippen molar-refractivity contribution >= 4 is 0 Å². The second-order valence-corrected chi connectivity index (χ2v) is 12.8. The number of hydrogen-bond donors (Lipinski definition) is 1. The Balaban J connectivity index is 0.0000160. The van der Waals surface area contributed by atoms with E-state index in [1.54, 1.807) is 4.90 Å². The second-order valence-electron chi connectivity index (χ2n) is 12.8. The van der Waals surface area contributed by atoms with Crippen molar-refractivity contribution in [3.63, 3.8) is 0 Å². The molecule has 4 nitrogen and oxygen atoms in total. The zero-order chi connectivity index (χ0) is 28.6. The number of ether oxygens (including phenoxy) is 2. The van der Waals surface area contributed by atoms with Crippen molar-refractivity contribution in [3.05, 3.63) is 0 Å². The zero-order valence-electron chi connectivity index (χ0n) is 28.2. The highest BCUT2D eigenvalue weighted by Gasteiger charge is 2.19. The van der Waals surface area contributed by atoms with Crippen LogP contribution in [0.3, 0.4) is 0 Å². The summed E-state index contributed by atoms with van der Waals surface area (Å²) in [4.78, 5) is 4.32. The molecule has 1 rings (SSSR count). The quantitative estimate of drug-likeness (QED) is 0.0960. The average molecular weight is 648 g/mol. The molecule has 1 aliphatic heterocycles. The van der Waals surface area contributed by atoms with E-state index in [-0.39, 0.29) is 17.0 Å². The van der Waals surface area contributed by atoms with Crippen molar-refractivity contribution in [3.8, 4) is 0 Å². The van der Waals surface area contributed by atoms with Crippen molar-refractivity contribution in [2.45, 2.75) is 168 Å². The number of quaternary nitrogens is 1. The second kappa shape index (κ2) is 34.8. The van der Waals surface area contributed by atoms with Gasteiger partial charge in [-0.2, -0.15) is 0 Å². The number of rotatable bonds is 32. The predicted molar refractivity (Wildman–Crippen MR) is 176 cm³/mol. The van der Waals surface area contributed by atoms with E-state index in [1.807, 2.05) is 0 Å². The van der Waals surface area contributed by atoms with E-state index in [0.717, 1.165) is 33.0 Å². The van der Waals surface area contributed by atoms with E-state index in [4.69, 9.17) is 9.47 Å². The molecule has 0 unspecified atom stereocenters. The van der Waals surface area contributed by atoms with Gasteiger partial charge in [-0.3, -0.25) is 4.90 Å². The molecule has 1 aliphatic rings. The summed E-state index contributed by atoms with van der Waals surface area (Å²) in [6, 6.07) is 0. The van der Waals surface area contributed by atoms with Gasteiger partial charge >= 0.3 is 0 Å². The minimum Gasteiger partial charge on any atom is -1.00 e. The van der Waals surface area contributed by atoms with Crippen molar-refractivity contribution in [1.29, 1.82) is 0 Å². The Kier molecular flexibility index (Phi) is 35.1. The lowest BCUT2D eigenvalue weighted by Crippen LogP contribution is -3.15. The van der Waals surface area contributed by atoms with Gasteiger partial charge < -0.3 is 31.4 Å². The summed E-state index contributed by atoms with van der Waals surface area (Å²) >= 11 is 0. The summed E-state index contributed by atoms with van der Waals surface area (Å²) in [7, 11) is 0. The Morgan fingerprint density at radius 2 is 0.780 bits per heavy atom. The van der Waals surface area contributed by atoms with Crippen molar-refractivity contribution in [2.24, 2.45) is 0 Å². The molecule has 5 heteroatoms. The SMILES string of the molecule is CCCCCCCCCCCCCCOCCN1CC[NH+](CCOCCCCCCCCCCCCCC)CC1.[Br-]. The summed E-state index contributed by atoms with van der Waals surface area (Å²) < 4.78 is 11.9. The number of hydrogen-bond acceptors (Lipinski definition) is 3. The Morgan fingerprint density at radius 3 is 1.17 bits per heavy atom. The van der Waals surface area contributed by atoms with E-state index < -0.39 is 0 Å². The van der Waals surface area contributed by atoms with Crippen LogP contribution in [-0.4, -0.2) is 70.6 Å². The monoisotopic (exact) mass is 647 g/mol. The zero-order valence-corrected chi connectivity index (χ0v) is 29.8. The highest BCUT2D eigenvalue weighted by Crippen LogP contribution is 2.13. The van der Waals surface area contributed by atoms with Crippen LogP contribution in [0.4, 0.5) is 0 Å². The highest BCUT2D eigenvalue weighted by molar-refractivity contribution is 4.60. The topological polar surface area (TPSA) is 26.1 Å². The fraction of sp³-hybridized carbons (Fsp3) is 1.00. The van der Waals surface area contributed by atoms with E-state index in [1.165, 1.54) is 187 Å². The third kappa shape index (κ3) is 30.1. The van der Waals surface area contributed by atoms with Gasteiger partial charge in [0.15, 0.2) is 0 Å². The molecule has 1 heterocycles. The van der Waals surface area contributed by atoms with Crippen LogP contribution >= 0.6 is 0 Å². The van der Waals surface area contributed by atoms with Gasteiger partial charge in [0.25, 0.3) is 0 Å². The van der Waals surface area contributed by atoms with Crippen molar-refractivity contribution in [2.75, 3.05) is 65.7 Å². The van der Waals surface area contributed by atoms with Crippen LogP contribution in [0.1, 0.15) is 168 Å². The fourth-order valence-electron chi connectivity index (χ4n) is 6.05. The number of halogens is 1. The van der Waals surface area contributed by atoms with Crippen LogP contribution in [0.25, 0.3) is 0 Å². The number of piperazine rings is 1. The summed E-state index contributed by atoms with van der Waals surface area (Å²) in [5.41, 5.74) is 0. The normalized spacial score (nSPS) is 14.5. The molecular weight excluding hydrogens is 572 g/mol. The molecule has 41 heavy (non-hydrogen) atoms. The van der Waals surface area contributed by atoms with Gasteiger partial charge in [-0.05, 0) is 12.8 Å². The fourth-order valence-corrected chi connectivity index (χ4v) is 6.05. The van der Waals surface area contributed by atoms with Gasteiger partial charge in [0.1, 0.15) is 6.54 Å². The Bertz CT molecular complexity index is 432. The maximum absolute atomic E-state index is 5.96. The molecule has 1 saturated heterocycles. The van der Waals surface area contributed by atoms with Gasteiger partial charge in [0, 0.05) is 32.8 Å². The van der Waals surface area contributed by atoms with Crippen molar-refractivity contribution < 1.29 is 31.4 Å². The molecule has 0 saturated carbocycles. The number of nitrogens with one attached hydrogen (secondary N) is 1. The van der Waals surface area contributed by atoms with Gasteiger partial charge in [-0.25, -0.2) is 0 Å². The first-order chi connectivity index (χ1) is 19.9. The molecule has 0 aromatic rings. The van der Waals surface area contributed by atoms with Crippen LogP contribution in [0, 0.1) is 0 Å². The molecule has 0 radical (unpaired) electrons. The molecule has 0 spiro atoms. The standard InChI is InChI=1S/C36H74N2O2.BrH/c1-3-5-7-9-11-13-15-17-19-21-23-25-33-39-35-31-37-27-29-38(30-28-37)32-36-40-34-26-24-22-20-18-16-14-12-10-8-6-4-2;/h3-36H2,1-2H3;1H. The summed E-state index contributed by atoms with van der Waals surface area (Å²) in [6.07, 6.45) is 33.8. The summed E-state index contributed by atoms with van der Waals surface area (Å²) in [5.74, 6) is 0. The van der Waals surface area contributed by atoms with E-state index >= 15 is 0 Å². The van der Waals surface area contributed by atoms with Crippen molar-refractivity contribution in [1.82, 2.24) is 4.90 Å². The lowest BCUT2D eigenvalue weighted by atomic mass is 10.1. The van der Waals surface area contributed by atoms with Crippen LogP contribution in [-0.2, 0) is 9.47 Å². The predicted octanol–water partition coefficient (Wildman–Crippen LogP) is 5.63. The van der Waals surface area contributed by atoms with Gasteiger partial charge in [0.05, 0.1) is 26.3 Å². The third-order valence-electron chi connectivity index (χ3n) is 9.00. The van der Waals surface area contributed by atoms with Crippen LogP contribution < -0.4 is 21.9 Å². The highest BCUT2D eigenvalue weighted by atomic mass is 79.9. The molecule has 0 amide bonds. The first-order valence-corrected chi connectivity index (χ1v) is 18.6. The van der Waals surface area contributed by atoms with E-state index in [9.17, 15) is 0 Å². The van der Waals surface area contributed by atoms with Gasteiger partial charge in [0.2, 0.25) is 0 Å². The molecule has 0 bridgehead atoms. The maximum atomic E-state index is 5.96. The van der Waals surface area contributed by atoms with E-state index in [2.05, 4.69) is 18.7 Å². The molecule has 0 aliphatic carbocycles. The molecule has 1 fully saturated rings. The van der Waals surface area contributed by atoms with Crippen LogP contribution in [0.5, 0.6) is 0 Å². The van der Waals surface area contributed by atoms with E-state index in [0.29, 0.717) is 0 Å². The minimum absolute atomic E-state index is 0. The number of nitrogens with zero attached hydrogens (tertiary/aromatic N) is 1. The molecule has 0 aromatic heterocycles. The average Bonchev–Trinajstić information content (AvgIpc) is 2.98. The maximum Gasteiger partial charge on any atom is 0.101 e. The Morgan fingerprint density at radius 1 is 0.439 bits per heavy atom. The summed E-state index contributed by atoms with van der Waals surface area (Å²) in [5, 5.41) is 0. The molecule has 248 valence electrons. The lowest BCUT2D eigenvalue weighted by Gasteiger charge is -2.32. The molecule has 0 aromatic carbocycles. The lowest BCUT2D eigenvalue weighted by molar-refractivity contribution is -0.904. The van der Waals surface area contributed by atoms with Crippen LogP contribution in [0.2, 0.25) is 0 Å². The Hall–Kier alpha value is 0.320. The molecule has 1 N–H and O–H groups in total. The van der Waals surface area contributed by atoms with Gasteiger partial charge in [-0.1, -0.05) is 155 Å². The van der Waals surface area contributed by atoms with Gasteiger partial charge in [-0.15, -0.1) is 0 Å². The number of unbranched alkanes of at least 4 members (excludes halogenated alkanes) is 22. The Labute approximate surface area is 269 Å².